The molecule has 0 radical (unpaired) electrons. The van der Waals surface area contributed by atoms with Crippen molar-refractivity contribution in [3.8, 4) is 6.07 Å². The second kappa shape index (κ2) is 14.1. The summed E-state index contributed by atoms with van der Waals surface area (Å²) in [5.41, 5.74) is 7.35. The molecule has 12 heteroatoms. The Balaban J connectivity index is 1.47. The molecule has 48 heavy (non-hydrogen) atoms. The summed E-state index contributed by atoms with van der Waals surface area (Å²) in [6.45, 7) is 1.91. The lowest BCUT2D eigenvalue weighted by molar-refractivity contribution is -0.0942. The van der Waals surface area contributed by atoms with Gasteiger partial charge in [-0.2, -0.15) is 5.26 Å². The molecule has 5 atom stereocenters. The second-order valence-electron chi connectivity index (χ2n) is 11.1. The van der Waals surface area contributed by atoms with Gasteiger partial charge in [0.05, 0.1) is 27.6 Å². The average Bonchev–Trinajstić information content (AvgIpc) is 3.67. The fourth-order valence-electron chi connectivity index (χ4n) is 5.72. The zero-order chi connectivity index (χ0) is 33.6. The first-order valence-corrected chi connectivity index (χ1v) is 15.3. The summed E-state index contributed by atoms with van der Waals surface area (Å²) in [4.78, 5) is 49.0. The van der Waals surface area contributed by atoms with E-state index in [-0.39, 0.29) is 33.5 Å². The van der Waals surface area contributed by atoms with Crippen molar-refractivity contribution in [2.75, 3.05) is 5.73 Å². The predicted octanol–water partition coefficient (Wildman–Crippen LogP) is 5.26. The van der Waals surface area contributed by atoms with Gasteiger partial charge >= 0.3 is 17.9 Å². The highest BCUT2D eigenvalue weighted by Crippen LogP contribution is 2.40. The zero-order valence-electron chi connectivity index (χ0n) is 25.8. The van der Waals surface area contributed by atoms with Gasteiger partial charge in [0.2, 0.25) is 0 Å². The molecule has 0 spiro atoms. The molecule has 0 unspecified atom stereocenters. The van der Waals surface area contributed by atoms with Crippen LogP contribution in [0.5, 0.6) is 0 Å². The first kappa shape index (κ1) is 31.9. The van der Waals surface area contributed by atoms with Crippen LogP contribution in [0.4, 0.5) is 5.82 Å². The standard InChI is InChI=1S/C36H31N5O7/c1-2-12-26(45-34(42)22-13-6-3-7-14-22)28-29(47-35(43)23-15-8-4-9-16-23)30(48-36(44)24-17-10-5-11-18-24)33(46-28)41-20-25(19-37)27-31(38)39-21-40-32(27)41/h3-11,13-18,20-21,26,28-30,33H,2,12H2,1H3,(H2,38,39,40)/t26-,28-,29-,30-,33-/m1/s1. The Hall–Kier alpha value is -6.06. The zero-order valence-corrected chi connectivity index (χ0v) is 25.8. The molecule has 1 saturated heterocycles. The molecule has 3 heterocycles. The van der Waals surface area contributed by atoms with Crippen LogP contribution in [0.2, 0.25) is 0 Å². The topological polar surface area (TPSA) is 169 Å². The van der Waals surface area contributed by atoms with E-state index in [2.05, 4.69) is 16.0 Å². The van der Waals surface area contributed by atoms with E-state index in [9.17, 15) is 19.6 Å². The number of esters is 3. The van der Waals surface area contributed by atoms with E-state index in [0.717, 1.165) is 0 Å². The van der Waals surface area contributed by atoms with Gasteiger partial charge in [-0.05, 0) is 42.8 Å². The number of aromatic nitrogens is 3. The SMILES string of the molecule is CCC[C@@H](OC(=O)c1ccccc1)[C@H]1O[C@@H](n2cc(C#N)c3c(N)ncnc32)[C@H](OC(=O)c2ccccc2)[C@@H]1OC(=O)c1ccccc1. The highest BCUT2D eigenvalue weighted by Gasteiger charge is 2.54. The number of nitrogen functional groups attached to an aromatic ring is 1. The van der Waals surface area contributed by atoms with E-state index in [4.69, 9.17) is 24.7 Å². The van der Waals surface area contributed by atoms with Gasteiger partial charge in [-0.1, -0.05) is 67.9 Å². The fourth-order valence-corrected chi connectivity index (χ4v) is 5.72. The second-order valence-corrected chi connectivity index (χ2v) is 11.1. The molecule has 1 aliphatic rings. The first-order valence-electron chi connectivity index (χ1n) is 15.3. The van der Waals surface area contributed by atoms with Crippen LogP contribution in [-0.4, -0.2) is 56.9 Å². The summed E-state index contributed by atoms with van der Waals surface area (Å²) in [6.07, 6.45) is -2.26. The Morgan fingerprint density at radius 2 is 1.40 bits per heavy atom. The average molecular weight is 646 g/mol. The third-order valence-corrected chi connectivity index (χ3v) is 7.97. The molecule has 0 aliphatic carbocycles. The fraction of sp³-hybridized carbons (Fsp3) is 0.222. The van der Waals surface area contributed by atoms with Crippen LogP contribution in [0.3, 0.4) is 0 Å². The monoisotopic (exact) mass is 645 g/mol. The lowest BCUT2D eigenvalue weighted by Crippen LogP contribution is -2.45. The minimum absolute atomic E-state index is 0.0652. The van der Waals surface area contributed by atoms with E-state index in [1.807, 2.05) is 6.92 Å². The molecule has 12 nitrogen and oxygen atoms in total. The van der Waals surface area contributed by atoms with Crippen molar-refractivity contribution in [2.24, 2.45) is 0 Å². The third-order valence-electron chi connectivity index (χ3n) is 7.97. The molecule has 3 aromatic carbocycles. The number of rotatable bonds is 10. The number of hydrogen-bond donors (Lipinski definition) is 1. The molecule has 6 rings (SSSR count). The lowest BCUT2D eigenvalue weighted by Gasteiger charge is -2.28. The number of anilines is 1. The Kier molecular flexibility index (Phi) is 9.40. The number of benzene rings is 3. The smallest absolute Gasteiger partial charge is 0.338 e. The van der Waals surface area contributed by atoms with Crippen molar-refractivity contribution < 1.29 is 33.3 Å². The van der Waals surface area contributed by atoms with Gasteiger partial charge in [0.25, 0.3) is 0 Å². The largest absolute Gasteiger partial charge is 0.456 e. The van der Waals surface area contributed by atoms with Gasteiger partial charge in [0.15, 0.2) is 18.4 Å². The number of carbonyl (C=O) groups excluding carboxylic acids is 3. The lowest BCUT2D eigenvalue weighted by atomic mass is 10.0. The number of nitrogens with zero attached hydrogens (tertiary/aromatic N) is 4. The van der Waals surface area contributed by atoms with Crippen molar-refractivity contribution in [3.63, 3.8) is 0 Å². The third kappa shape index (κ3) is 6.44. The maximum Gasteiger partial charge on any atom is 0.338 e. The highest BCUT2D eigenvalue weighted by atomic mass is 16.7. The Bertz CT molecular complexity index is 1960. The van der Waals surface area contributed by atoms with Gasteiger partial charge in [0.1, 0.15) is 36.1 Å². The van der Waals surface area contributed by atoms with Crippen molar-refractivity contribution in [1.82, 2.24) is 14.5 Å². The normalized spacial score (nSPS) is 19.2. The molecule has 1 fully saturated rings. The molecule has 0 bridgehead atoms. The molecule has 0 saturated carbocycles. The number of hydrogen-bond acceptors (Lipinski definition) is 11. The first-order chi connectivity index (χ1) is 23.4. The van der Waals surface area contributed by atoms with E-state index < -0.39 is 48.6 Å². The van der Waals surface area contributed by atoms with Gasteiger partial charge in [0, 0.05) is 6.20 Å². The summed E-state index contributed by atoms with van der Waals surface area (Å²) in [5, 5.41) is 10.2. The molecule has 2 N–H and O–H groups in total. The summed E-state index contributed by atoms with van der Waals surface area (Å²) >= 11 is 0. The maximum absolute atomic E-state index is 13.6. The molecule has 0 amide bonds. The van der Waals surface area contributed by atoms with E-state index >= 15 is 0 Å². The van der Waals surface area contributed by atoms with Gasteiger partial charge < -0.3 is 29.2 Å². The van der Waals surface area contributed by atoms with Crippen molar-refractivity contribution in [1.29, 1.82) is 5.26 Å². The number of nitriles is 1. The number of nitrogens with two attached hydrogens (primary N) is 1. The van der Waals surface area contributed by atoms with Crippen LogP contribution in [0.15, 0.2) is 104 Å². The van der Waals surface area contributed by atoms with Crippen LogP contribution in [-0.2, 0) is 18.9 Å². The van der Waals surface area contributed by atoms with Crippen molar-refractivity contribution >= 4 is 34.8 Å². The molecule has 2 aromatic heterocycles. The molecular weight excluding hydrogens is 614 g/mol. The van der Waals surface area contributed by atoms with Crippen LogP contribution < -0.4 is 5.73 Å². The van der Waals surface area contributed by atoms with Crippen LogP contribution >= 0.6 is 0 Å². The van der Waals surface area contributed by atoms with Gasteiger partial charge in [-0.25, -0.2) is 24.4 Å². The number of ether oxygens (including phenoxy) is 4. The van der Waals surface area contributed by atoms with E-state index in [1.54, 1.807) is 91.0 Å². The quantitative estimate of drug-likeness (QED) is 0.155. The minimum Gasteiger partial charge on any atom is -0.456 e. The van der Waals surface area contributed by atoms with Gasteiger partial charge in [-0.15, -0.1) is 0 Å². The molecular formula is C36H31N5O7. The Morgan fingerprint density at radius 1 is 0.854 bits per heavy atom. The maximum atomic E-state index is 13.6. The van der Waals surface area contributed by atoms with Crippen LogP contribution in [0, 0.1) is 11.3 Å². The Morgan fingerprint density at radius 3 is 1.94 bits per heavy atom. The van der Waals surface area contributed by atoms with Crippen LogP contribution in [0.25, 0.3) is 11.0 Å². The molecule has 1 aliphatic heterocycles. The number of fused-ring (bicyclic) bond motifs is 1. The minimum atomic E-state index is -1.30. The van der Waals surface area contributed by atoms with Crippen LogP contribution in [0.1, 0.15) is 62.6 Å². The summed E-state index contributed by atoms with van der Waals surface area (Å²) in [6, 6.07) is 27.2. The molecule has 242 valence electrons. The van der Waals surface area contributed by atoms with Crippen molar-refractivity contribution in [2.45, 2.75) is 50.4 Å². The summed E-state index contributed by atoms with van der Waals surface area (Å²) in [7, 11) is 0. The van der Waals surface area contributed by atoms with Crippen molar-refractivity contribution in [3.05, 3.63) is 126 Å². The van der Waals surface area contributed by atoms with E-state index in [0.29, 0.717) is 18.4 Å². The number of carbonyl (C=O) groups is 3. The van der Waals surface area contributed by atoms with E-state index in [1.165, 1.54) is 17.1 Å². The summed E-state index contributed by atoms with van der Waals surface area (Å²) < 4.78 is 26.4. The van der Waals surface area contributed by atoms with Gasteiger partial charge in [-0.3, -0.25) is 0 Å². The summed E-state index contributed by atoms with van der Waals surface area (Å²) in [5.74, 6) is -1.96. The predicted molar refractivity (Wildman–Crippen MR) is 172 cm³/mol. The Labute approximate surface area is 275 Å². The highest BCUT2D eigenvalue weighted by molar-refractivity contribution is 5.93. The molecule has 5 aromatic rings.